The maximum Gasteiger partial charge on any atom is 0.264 e. The molecule has 0 radical (unpaired) electrons. The van der Waals surface area contributed by atoms with Gasteiger partial charge in [-0.1, -0.05) is 23.8 Å². The second-order valence-corrected chi connectivity index (χ2v) is 6.67. The lowest BCUT2D eigenvalue weighted by Crippen LogP contribution is -2.28. The largest absolute Gasteiger partial charge is 0.326 e. The zero-order valence-corrected chi connectivity index (χ0v) is 12.7. The topological polar surface area (TPSA) is 63.4 Å². The fourth-order valence-corrected chi connectivity index (χ4v) is 3.46. The van der Waals surface area contributed by atoms with E-state index in [9.17, 15) is 12.8 Å². The van der Waals surface area contributed by atoms with Crippen LogP contribution < -0.4 is 10.0 Å². The van der Waals surface area contributed by atoms with Gasteiger partial charge in [0.1, 0.15) is 5.82 Å². The molecule has 0 fully saturated rings. The quantitative estimate of drug-likeness (QED) is 0.943. The molecule has 2 aromatic rings. The number of aryl methyl sites for hydroxylation is 1. The van der Waals surface area contributed by atoms with E-state index in [4.69, 9.17) is 5.73 Å². The fraction of sp³-hybridized carbons (Fsp3) is 0.200. The third kappa shape index (κ3) is 2.91. The number of benzene rings is 2. The van der Waals surface area contributed by atoms with Gasteiger partial charge in [-0.15, -0.1) is 0 Å². The summed E-state index contributed by atoms with van der Waals surface area (Å²) in [6.45, 7) is 1.74. The first-order chi connectivity index (χ1) is 9.87. The number of hydrogen-bond acceptors (Lipinski definition) is 3. The van der Waals surface area contributed by atoms with Crippen molar-refractivity contribution in [3.05, 3.63) is 59.4 Å². The van der Waals surface area contributed by atoms with E-state index in [1.165, 1.54) is 25.2 Å². The third-order valence-electron chi connectivity index (χ3n) is 3.32. The second-order valence-electron chi connectivity index (χ2n) is 4.73. The summed E-state index contributed by atoms with van der Waals surface area (Å²) < 4.78 is 40.2. The lowest BCUT2D eigenvalue weighted by atomic mass is 10.2. The van der Waals surface area contributed by atoms with Gasteiger partial charge >= 0.3 is 0 Å². The van der Waals surface area contributed by atoms with Crippen LogP contribution in [0.3, 0.4) is 0 Å². The van der Waals surface area contributed by atoms with Crippen molar-refractivity contribution in [3.63, 3.8) is 0 Å². The van der Waals surface area contributed by atoms with Crippen molar-refractivity contribution in [2.75, 3.05) is 11.4 Å². The van der Waals surface area contributed by atoms with E-state index in [0.717, 1.165) is 9.87 Å². The van der Waals surface area contributed by atoms with Crippen LogP contribution >= 0.6 is 0 Å². The molecule has 0 saturated heterocycles. The minimum atomic E-state index is -3.86. The highest BCUT2D eigenvalue weighted by Gasteiger charge is 2.25. The molecule has 2 aromatic carbocycles. The van der Waals surface area contributed by atoms with E-state index < -0.39 is 15.8 Å². The summed E-state index contributed by atoms with van der Waals surface area (Å²) in [7, 11) is -2.42. The van der Waals surface area contributed by atoms with Crippen LogP contribution in [-0.2, 0) is 16.6 Å². The van der Waals surface area contributed by atoms with Gasteiger partial charge in [-0.25, -0.2) is 12.8 Å². The SMILES string of the molecule is Cc1ccc(N(C)S(=O)(=O)c2cccc(F)c2CN)cc1. The predicted molar refractivity (Wildman–Crippen MR) is 81.1 cm³/mol. The molecule has 0 saturated carbocycles. The molecule has 112 valence electrons. The fourth-order valence-electron chi connectivity index (χ4n) is 2.02. The summed E-state index contributed by atoms with van der Waals surface area (Å²) in [4.78, 5) is -0.104. The van der Waals surface area contributed by atoms with Crippen LogP contribution in [0.4, 0.5) is 10.1 Å². The van der Waals surface area contributed by atoms with Crippen LogP contribution in [0.25, 0.3) is 0 Å². The van der Waals surface area contributed by atoms with E-state index in [0.29, 0.717) is 5.69 Å². The number of rotatable bonds is 4. The average molecular weight is 308 g/mol. The first kappa shape index (κ1) is 15.5. The number of halogens is 1. The standard InChI is InChI=1S/C15H17FN2O2S/c1-11-6-8-12(9-7-11)18(2)21(19,20)15-5-3-4-14(16)13(15)10-17/h3-9H,10,17H2,1-2H3. The molecule has 0 aliphatic rings. The lowest BCUT2D eigenvalue weighted by molar-refractivity contribution is 0.581. The van der Waals surface area contributed by atoms with Gasteiger partial charge in [-0.3, -0.25) is 4.31 Å². The minimum Gasteiger partial charge on any atom is -0.326 e. The van der Waals surface area contributed by atoms with Crippen LogP contribution in [0, 0.1) is 12.7 Å². The smallest absolute Gasteiger partial charge is 0.264 e. The molecule has 0 aromatic heterocycles. The molecular formula is C15H17FN2O2S. The van der Waals surface area contributed by atoms with E-state index >= 15 is 0 Å². The molecule has 4 nitrogen and oxygen atoms in total. The predicted octanol–water partition coefficient (Wildman–Crippen LogP) is 2.42. The number of anilines is 1. The van der Waals surface area contributed by atoms with Crippen LogP contribution in [-0.4, -0.2) is 15.5 Å². The van der Waals surface area contributed by atoms with Gasteiger partial charge in [-0.2, -0.15) is 0 Å². The Bertz CT molecular complexity index is 743. The van der Waals surface area contributed by atoms with Gasteiger partial charge in [0.2, 0.25) is 0 Å². The van der Waals surface area contributed by atoms with Crippen molar-refractivity contribution in [1.29, 1.82) is 0 Å². The molecule has 0 heterocycles. The van der Waals surface area contributed by atoms with E-state index in [-0.39, 0.29) is 17.0 Å². The Morgan fingerprint density at radius 1 is 1.14 bits per heavy atom. The zero-order valence-electron chi connectivity index (χ0n) is 11.9. The Morgan fingerprint density at radius 2 is 1.76 bits per heavy atom. The van der Waals surface area contributed by atoms with Crippen LogP contribution in [0.15, 0.2) is 47.4 Å². The first-order valence-corrected chi connectivity index (χ1v) is 7.85. The van der Waals surface area contributed by atoms with Gasteiger partial charge in [0.05, 0.1) is 10.6 Å². The van der Waals surface area contributed by atoms with Gasteiger partial charge in [0.15, 0.2) is 0 Å². The maximum atomic E-state index is 13.7. The van der Waals surface area contributed by atoms with Crippen molar-refractivity contribution in [1.82, 2.24) is 0 Å². The Balaban J connectivity index is 2.52. The normalized spacial score (nSPS) is 11.4. The molecule has 0 aliphatic carbocycles. The average Bonchev–Trinajstić information content (AvgIpc) is 2.47. The van der Waals surface area contributed by atoms with Crippen molar-refractivity contribution in [2.45, 2.75) is 18.4 Å². The van der Waals surface area contributed by atoms with Crippen molar-refractivity contribution >= 4 is 15.7 Å². The van der Waals surface area contributed by atoms with Gasteiger partial charge in [-0.05, 0) is 31.2 Å². The van der Waals surface area contributed by atoms with Crippen LogP contribution in [0.1, 0.15) is 11.1 Å². The second kappa shape index (κ2) is 5.83. The lowest BCUT2D eigenvalue weighted by Gasteiger charge is -2.21. The zero-order chi connectivity index (χ0) is 15.6. The summed E-state index contributed by atoms with van der Waals surface area (Å²) in [6, 6.07) is 11.0. The number of sulfonamides is 1. The summed E-state index contributed by atoms with van der Waals surface area (Å²) in [6.07, 6.45) is 0. The Kier molecular flexibility index (Phi) is 4.29. The Hall–Kier alpha value is -1.92. The maximum absolute atomic E-state index is 13.7. The molecule has 0 atom stereocenters. The van der Waals surface area contributed by atoms with E-state index in [1.807, 2.05) is 19.1 Å². The summed E-state index contributed by atoms with van der Waals surface area (Å²) >= 11 is 0. The molecule has 0 spiro atoms. The molecule has 6 heteroatoms. The van der Waals surface area contributed by atoms with Crippen molar-refractivity contribution in [2.24, 2.45) is 5.73 Å². The van der Waals surface area contributed by atoms with Gasteiger partial charge < -0.3 is 5.73 Å². The monoisotopic (exact) mass is 308 g/mol. The molecule has 0 bridgehead atoms. The highest BCUT2D eigenvalue weighted by atomic mass is 32.2. The van der Waals surface area contributed by atoms with Gasteiger partial charge in [0, 0.05) is 19.2 Å². The Morgan fingerprint density at radius 3 is 2.33 bits per heavy atom. The molecule has 0 aliphatic heterocycles. The highest BCUT2D eigenvalue weighted by molar-refractivity contribution is 7.92. The van der Waals surface area contributed by atoms with Crippen LogP contribution in [0.5, 0.6) is 0 Å². The number of nitrogens with two attached hydrogens (primary N) is 1. The summed E-state index contributed by atoms with van der Waals surface area (Å²) in [5.41, 5.74) is 7.01. The minimum absolute atomic E-state index is 0.00328. The summed E-state index contributed by atoms with van der Waals surface area (Å²) in [5, 5.41) is 0. The first-order valence-electron chi connectivity index (χ1n) is 6.41. The molecule has 21 heavy (non-hydrogen) atoms. The van der Waals surface area contributed by atoms with Gasteiger partial charge in [0.25, 0.3) is 10.0 Å². The molecule has 2 N–H and O–H groups in total. The van der Waals surface area contributed by atoms with E-state index in [1.54, 1.807) is 12.1 Å². The number of hydrogen-bond donors (Lipinski definition) is 1. The van der Waals surface area contributed by atoms with Crippen molar-refractivity contribution in [3.8, 4) is 0 Å². The van der Waals surface area contributed by atoms with E-state index in [2.05, 4.69) is 0 Å². The molecule has 0 amide bonds. The molecule has 0 unspecified atom stereocenters. The molecular weight excluding hydrogens is 291 g/mol. The van der Waals surface area contributed by atoms with Crippen LogP contribution in [0.2, 0.25) is 0 Å². The van der Waals surface area contributed by atoms with Crippen molar-refractivity contribution < 1.29 is 12.8 Å². The number of nitrogens with zero attached hydrogens (tertiary/aromatic N) is 1. The highest BCUT2D eigenvalue weighted by Crippen LogP contribution is 2.25. The molecule has 2 rings (SSSR count). The summed E-state index contributed by atoms with van der Waals surface area (Å²) in [5.74, 6) is -0.615. The Labute approximate surface area is 124 Å². The third-order valence-corrected chi connectivity index (χ3v) is 5.19.